The molecule has 0 atom stereocenters. The minimum atomic E-state index is 1.21. The van der Waals surface area contributed by atoms with E-state index in [0.29, 0.717) is 0 Å². The number of rotatable bonds is 7. The lowest BCUT2D eigenvalue weighted by molar-refractivity contribution is 0.608. The third-order valence-corrected chi connectivity index (χ3v) is 8.92. The molecule has 0 aliphatic rings. The molecular formula is C30H28S2. The van der Waals surface area contributed by atoms with E-state index >= 15 is 0 Å². The van der Waals surface area contributed by atoms with Crippen molar-refractivity contribution in [3.63, 3.8) is 0 Å². The molecule has 160 valence electrons. The van der Waals surface area contributed by atoms with Crippen LogP contribution in [0.1, 0.15) is 51.0 Å². The van der Waals surface area contributed by atoms with Crippen molar-refractivity contribution in [2.75, 3.05) is 0 Å². The van der Waals surface area contributed by atoms with Crippen LogP contribution >= 0.6 is 22.7 Å². The average Bonchev–Trinajstić information content (AvgIpc) is 3.48. The van der Waals surface area contributed by atoms with E-state index in [4.69, 9.17) is 0 Å². The van der Waals surface area contributed by atoms with Crippen molar-refractivity contribution >= 4 is 75.2 Å². The van der Waals surface area contributed by atoms with Gasteiger partial charge in [0, 0.05) is 20.2 Å². The van der Waals surface area contributed by atoms with Gasteiger partial charge in [-0.05, 0) is 79.7 Å². The van der Waals surface area contributed by atoms with Gasteiger partial charge >= 0.3 is 0 Å². The molecule has 0 spiro atoms. The summed E-state index contributed by atoms with van der Waals surface area (Å²) in [6, 6.07) is 21.0. The molecule has 0 amide bonds. The normalized spacial score (nSPS) is 12.2. The van der Waals surface area contributed by atoms with E-state index in [9.17, 15) is 0 Å². The second-order valence-electron chi connectivity index (χ2n) is 9.03. The molecule has 0 aliphatic heterocycles. The summed E-state index contributed by atoms with van der Waals surface area (Å²) in [4.78, 5) is 0. The quantitative estimate of drug-likeness (QED) is 0.167. The Bertz CT molecular complexity index is 1560. The molecule has 6 rings (SSSR count). The van der Waals surface area contributed by atoms with E-state index in [-0.39, 0.29) is 0 Å². The first-order chi connectivity index (χ1) is 15.8. The maximum atomic E-state index is 2.41. The van der Waals surface area contributed by atoms with Crippen molar-refractivity contribution in [1.82, 2.24) is 0 Å². The number of aryl methyl sites for hydroxylation is 1. The lowest BCUT2D eigenvalue weighted by atomic mass is 9.93. The first-order valence-corrected chi connectivity index (χ1v) is 13.8. The van der Waals surface area contributed by atoms with E-state index in [1.807, 2.05) is 22.7 Å². The summed E-state index contributed by atoms with van der Waals surface area (Å²) in [6.45, 7) is 2.29. The molecule has 0 saturated carbocycles. The molecule has 0 nitrogen and oxygen atoms in total. The maximum Gasteiger partial charge on any atom is 0.0352 e. The largest absolute Gasteiger partial charge is 0.144 e. The summed E-state index contributed by atoms with van der Waals surface area (Å²) in [5.74, 6) is 0. The van der Waals surface area contributed by atoms with Gasteiger partial charge in [-0.15, -0.1) is 22.7 Å². The second kappa shape index (κ2) is 8.50. The Balaban J connectivity index is 1.45. The molecular weight excluding hydrogens is 424 g/mol. The van der Waals surface area contributed by atoms with Crippen molar-refractivity contribution < 1.29 is 0 Å². The minimum absolute atomic E-state index is 1.21. The molecule has 0 N–H and O–H groups in total. The van der Waals surface area contributed by atoms with Crippen molar-refractivity contribution in [3.05, 3.63) is 70.9 Å². The molecule has 2 heteroatoms. The van der Waals surface area contributed by atoms with E-state index in [1.54, 1.807) is 5.56 Å². The number of thiophene rings is 2. The van der Waals surface area contributed by atoms with E-state index < -0.39 is 0 Å². The molecule has 0 fully saturated rings. The van der Waals surface area contributed by atoms with Crippen LogP contribution in [0.2, 0.25) is 0 Å². The van der Waals surface area contributed by atoms with Crippen molar-refractivity contribution in [2.45, 2.75) is 51.9 Å². The zero-order chi connectivity index (χ0) is 21.5. The van der Waals surface area contributed by atoms with Crippen molar-refractivity contribution in [2.24, 2.45) is 0 Å². The zero-order valence-corrected chi connectivity index (χ0v) is 20.3. The topological polar surface area (TPSA) is 0 Å². The summed E-state index contributed by atoms with van der Waals surface area (Å²) < 4.78 is 2.80. The van der Waals surface area contributed by atoms with Crippen LogP contribution in [-0.4, -0.2) is 0 Å². The lowest BCUT2D eigenvalue weighted by Gasteiger charge is -2.10. The summed E-state index contributed by atoms with van der Waals surface area (Å²) >= 11 is 3.74. The first kappa shape index (κ1) is 20.2. The minimum Gasteiger partial charge on any atom is -0.144 e. The second-order valence-corrected chi connectivity index (χ2v) is 10.9. The molecule has 2 aromatic heterocycles. The van der Waals surface area contributed by atoms with Gasteiger partial charge in [0.15, 0.2) is 0 Å². The molecule has 0 radical (unpaired) electrons. The summed E-state index contributed by atoms with van der Waals surface area (Å²) in [7, 11) is 0. The molecule has 0 unspecified atom stereocenters. The smallest absolute Gasteiger partial charge is 0.0352 e. The Kier molecular flexibility index (Phi) is 5.37. The van der Waals surface area contributed by atoms with Gasteiger partial charge < -0.3 is 0 Å². The highest BCUT2D eigenvalue weighted by Crippen LogP contribution is 2.40. The van der Waals surface area contributed by atoms with Gasteiger partial charge in [0.2, 0.25) is 0 Å². The van der Waals surface area contributed by atoms with Crippen LogP contribution in [0, 0.1) is 0 Å². The van der Waals surface area contributed by atoms with Crippen LogP contribution in [0.15, 0.2) is 65.4 Å². The SMILES string of the molecule is CCCCCCCCc1csc2ccc3c4ccc5c6ccsc6ccc5c4ccc3c12. The molecule has 0 aliphatic carbocycles. The van der Waals surface area contributed by atoms with Crippen molar-refractivity contribution in [3.8, 4) is 0 Å². The van der Waals surface area contributed by atoms with Gasteiger partial charge in [0.05, 0.1) is 0 Å². The number of hydrogen-bond donors (Lipinski definition) is 0. The van der Waals surface area contributed by atoms with E-state index in [2.05, 4.69) is 72.3 Å². The van der Waals surface area contributed by atoms with Crippen LogP contribution in [0.25, 0.3) is 52.5 Å². The highest BCUT2D eigenvalue weighted by Gasteiger charge is 2.12. The lowest BCUT2D eigenvalue weighted by Crippen LogP contribution is -1.87. The fourth-order valence-corrected chi connectivity index (χ4v) is 7.19. The molecule has 32 heavy (non-hydrogen) atoms. The van der Waals surface area contributed by atoms with Gasteiger partial charge in [-0.1, -0.05) is 75.4 Å². The van der Waals surface area contributed by atoms with Crippen LogP contribution in [0.3, 0.4) is 0 Å². The van der Waals surface area contributed by atoms with E-state index in [0.717, 1.165) is 0 Å². The monoisotopic (exact) mass is 452 g/mol. The van der Waals surface area contributed by atoms with Gasteiger partial charge in [-0.3, -0.25) is 0 Å². The predicted octanol–water partition coefficient (Wildman–Crippen LogP) is 10.5. The maximum absolute atomic E-state index is 2.41. The highest BCUT2D eigenvalue weighted by atomic mass is 32.1. The van der Waals surface area contributed by atoms with E-state index in [1.165, 1.54) is 97.4 Å². The first-order valence-electron chi connectivity index (χ1n) is 12.0. The van der Waals surface area contributed by atoms with Crippen molar-refractivity contribution in [1.29, 1.82) is 0 Å². The molecule has 0 saturated heterocycles. The number of fused-ring (bicyclic) bond motifs is 9. The van der Waals surface area contributed by atoms with Gasteiger partial charge in [0.25, 0.3) is 0 Å². The third kappa shape index (κ3) is 3.32. The fraction of sp³-hybridized carbons (Fsp3) is 0.267. The summed E-state index contributed by atoms with van der Waals surface area (Å²) in [6.07, 6.45) is 9.34. The molecule has 2 heterocycles. The van der Waals surface area contributed by atoms with Crippen LogP contribution in [0.5, 0.6) is 0 Å². The number of benzene rings is 4. The van der Waals surface area contributed by atoms with Gasteiger partial charge in [-0.25, -0.2) is 0 Å². The summed E-state index contributed by atoms with van der Waals surface area (Å²) in [5, 5.41) is 15.8. The Hall–Kier alpha value is -2.42. The standard InChI is InChI=1S/C30H28S2/c1-2-3-4-5-6-7-8-20-19-32-29-16-14-25-22-9-10-24-23(13-15-28-26(24)17-18-31-28)21(22)11-12-27(25)30(20)29/h9-19H,2-8H2,1H3. The third-order valence-electron chi connectivity index (χ3n) is 7.04. The fourth-order valence-electron chi connectivity index (χ4n) is 5.37. The van der Waals surface area contributed by atoms with Crippen LogP contribution in [-0.2, 0) is 6.42 Å². The Morgan fingerprint density at radius 1 is 0.531 bits per heavy atom. The van der Waals surface area contributed by atoms with Crippen LogP contribution in [0.4, 0.5) is 0 Å². The average molecular weight is 453 g/mol. The highest BCUT2D eigenvalue weighted by molar-refractivity contribution is 7.17. The van der Waals surface area contributed by atoms with Gasteiger partial charge in [-0.2, -0.15) is 0 Å². The Morgan fingerprint density at radius 3 is 1.91 bits per heavy atom. The van der Waals surface area contributed by atoms with Gasteiger partial charge in [0.1, 0.15) is 0 Å². The molecule has 0 bridgehead atoms. The molecule has 6 aromatic rings. The number of unbranched alkanes of at least 4 members (excludes halogenated alkanes) is 5. The Labute approximate surface area is 197 Å². The zero-order valence-electron chi connectivity index (χ0n) is 18.6. The van der Waals surface area contributed by atoms with Crippen LogP contribution < -0.4 is 0 Å². The Morgan fingerprint density at radius 2 is 1.12 bits per heavy atom. The molecule has 4 aromatic carbocycles. The number of hydrogen-bond acceptors (Lipinski definition) is 2. The predicted molar refractivity (Wildman–Crippen MR) is 147 cm³/mol. The summed E-state index contributed by atoms with van der Waals surface area (Å²) in [5.41, 5.74) is 1.55.